The summed E-state index contributed by atoms with van der Waals surface area (Å²) >= 11 is 0. The molecule has 0 unspecified atom stereocenters. The van der Waals surface area contributed by atoms with E-state index in [0.717, 1.165) is 0 Å². The maximum absolute atomic E-state index is 11.9. The summed E-state index contributed by atoms with van der Waals surface area (Å²) in [5, 5.41) is 11.3. The zero-order chi connectivity index (χ0) is 13.8. The van der Waals surface area contributed by atoms with Crippen molar-refractivity contribution in [1.29, 1.82) is 0 Å². The Hall–Kier alpha value is -1.89. The number of benzene rings is 1. The molecule has 0 aromatic heterocycles. The zero-order valence-electron chi connectivity index (χ0n) is 9.71. The molecule has 0 saturated carbocycles. The van der Waals surface area contributed by atoms with Crippen LogP contribution in [-0.2, 0) is 14.6 Å². The first-order valence-corrected chi connectivity index (χ1v) is 6.85. The van der Waals surface area contributed by atoms with E-state index in [1.54, 1.807) is 6.92 Å². The van der Waals surface area contributed by atoms with Gasteiger partial charge in [-0.3, -0.25) is 4.79 Å². The van der Waals surface area contributed by atoms with E-state index < -0.39 is 27.5 Å². The number of hydrogen-bond acceptors (Lipinski definition) is 4. The molecule has 0 aliphatic heterocycles. The molecule has 0 radical (unpaired) electrons. The lowest BCUT2D eigenvalue weighted by Crippen LogP contribution is -2.30. The molecule has 7 heteroatoms. The minimum atomic E-state index is -3.95. The number of rotatable bonds is 5. The number of carbonyl (C=O) groups is 2. The molecule has 98 valence electrons. The Morgan fingerprint density at radius 2 is 1.89 bits per heavy atom. The standard InChI is InChI=1S/C11H13NO5S/c1-2-12-10(13)7-18(16,17)9-6-4-3-5-8(9)11(14)15/h3-6H,2,7H2,1H3,(H,12,13)(H,14,15). The summed E-state index contributed by atoms with van der Waals surface area (Å²) < 4.78 is 23.8. The average Bonchev–Trinajstić information content (AvgIpc) is 2.28. The van der Waals surface area contributed by atoms with Crippen LogP contribution < -0.4 is 5.32 Å². The van der Waals surface area contributed by atoms with Crippen molar-refractivity contribution >= 4 is 21.7 Å². The lowest BCUT2D eigenvalue weighted by molar-refractivity contribution is -0.118. The van der Waals surface area contributed by atoms with Crippen LogP contribution in [0.5, 0.6) is 0 Å². The molecular weight excluding hydrogens is 258 g/mol. The molecule has 0 aliphatic carbocycles. The van der Waals surface area contributed by atoms with Crippen LogP contribution in [0.3, 0.4) is 0 Å². The molecule has 1 rings (SSSR count). The zero-order valence-corrected chi connectivity index (χ0v) is 10.5. The van der Waals surface area contributed by atoms with E-state index >= 15 is 0 Å². The summed E-state index contributed by atoms with van der Waals surface area (Å²) in [4.78, 5) is 21.8. The van der Waals surface area contributed by atoms with E-state index in [1.165, 1.54) is 24.3 Å². The molecule has 0 bridgehead atoms. The van der Waals surface area contributed by atoms with Crippen LogP contribution in [-0.4, -0.2) is 37.7 Å². The Kier molecular flexibility index (Phi) is 4.43. The van der Waals surface area contributed by atoms with Crippen LogP contribution >= 0.6 is 0 Å². The van der Waals surface area contributed by atoms with Gasteiger partial charge in [0.15, 0.2) is 9.84 Å². The Labute approximate surface area is 105 Å². The average molecular weight is 271 g/mol. The number of carboxylic acid groups (broad SMARTS) is 1. The molecular formula is C11H13NO5S. The Bertz CT molecular complexity index is 565. The molecule has 2 N–H and O–H groups in total. The first-order chi connectivity index (χ1) is 8.38. The van der Waals surface area contributed by atoms with Gasteiger partial charge in [-0.2, -0.15) is 0 Å². The Balaban J connectivity index is 3.13. The molecule has 0 heterocycles. The largest absolute Gasteiger partial charge is 0.478 e. The van der Waals surface area contributed by atoms with Gasteiger partial charge in [-0.15, -0.1) is 0 Å². The van der Waals surface area contributed by atoms with Crippen LogP contribution in [0, 0.1) is 0 Å². The third-order valence-corrected chi connectivity index (χ3v) is 3.82. The fourth-order valence-corrected chi connectivity index (χ4v) is 2.79. The third-order valence-electron chi connectivity index (χ3n) is 2.15. The fraction of sp³-hybridized carbons (Fsp3) is 0.273. The van der Waals surface area contributed by atoms with Gasteiger partial charge in [-0.1, -0.05) is 12.1 Å². The van der Waals surface area contributed by atoms with Gasteiger partial charge in [-0.25, -0.2) is 13.2 Å². The van der Waals surface area contributed by atoms with Crippen molar-refractivity contribution in [3.63, 3.8) is 0 Å². The number of nitrogens with one attached hydrogen (secondary N) is 1. The molecule has 0 aliphatic rings. The Morgan fingerprint density at radius 3 is 2.44 bits per heavy atom. The van der Waals surface area contributed by atoms with Gasteiger partial charge in [0, 0.05) is 6.54 Å². The van der Waals surface area contributed by atoms with Crippen LogP contribution in [0.4, 0.5) is 0 Å². The summed E-state index contributed by atoms with van der Waals surface area (Å²) in [6.07, 6.45) is 0. The van der Waals surface area contributed by atoms with Crippen LogP contribution in [0.1, 0.15) is 17.3 Å². The summed E-state index contributed by atoms with van der Waals surface area (Å²) in [7, 11) is -3.95. The number of aromatic carboxylic acids is 1. The van der Waals surface area contributed by atoms with E-state index in [2.05, 4.69) is 5.32 Å². The topological polar surface area (TPSA) is 101 Å². The maximum Gasteiger partial charge on any atom is 0.337 e. The van der Waals surface area contributed by atoms with E-state index in [9.17, 15) is 18.0 Å². The summed E-state index contributed by atoms with van der Waals surface area (Å²) in [6.45, 7) is 1.98. The predicted octanol–water partition coefficient (Wildman–Crippen LogP) is 0.295. The molecule has 0 atom stereocenters. The van der Waals surface area contributed by atoms with Gasteiger partial charge in [0.05, 0.1) is 10.5 Å². The fourth-order valence-electron chi connectivity index (χ4n) is 1.41. The molecule has 1 aromatic rings. The highest BCUT2D eigenvalue weighted by atomic mass is 32.2. The van der Waals surface area contributed by atoms with Crippen molar-refractivity contribution in [1.82, 2.24) is 5.32 Å². The van der Waals surface area contributed by atoms with Gasteiger partial charge in [0.2, 0.25) is 5.91 Å². The summed E-state index contributed by atoms with van der Waals surface area (Å²) in [5.74, 6) is -2.76. The highest BCUT2D eigenvalue weighted by Crippen LogP contribution is 2.16. The minimum absolute atomic E-state index is 0.314. The number of hydrogen-bond donors (Lipinski definition) is 2. The van der Waals surface area contributed by atoms with Crippen molar-refractivity contribution in [2.24, 2.45) is 0 Å². The SMILES string of the molecule is CCNC(=O)CS(=O)(=O)c1ccccc1C(=O)O. The van der Waals surface area contributed by atoms with Gasteiger partial charge in [-0.05, 0) is 19.1 Å². The maximum atomic E-state index is 11.9. The molecule has 1 aromatic carbocycles. The monoisotopic (exact) mass is 271 g/mol. The second-order valence-corrected chi connectivity index (χ2v) is 5.47. The highest BCUT2D eigenvalue weighted by Gasteiger charge is 2.24. The first kappa shape index (κ1) is 14.2. The van der Waals surface area contributed by atoms with E-state index in [1.807, 2.05) is 0 Å². The molecule has 1 amide bonds. The first-order valence-electron chi connectivity index (χ1n) is 5.20. The molecule has 0 saturated heterocycles. The van der Waals surface area contributed by atoms with E-state index in [4.69, 9.17) is 5.11 Å². The lowest BCUT2D eigenvalue weighted by Gasteiger charge is -2.07. The quantitative estimate of drug-likeness (QED) is 0.802. The normalized spacial score (nSPS) is 10.9. The van der Waals surface area contributed by atoms with Crippen molar-refractivity contribution < 1.29 is 23.1 Å². The smallest absolute Gasteiger partial charge is 0.337 e. The van der Waals surface area contributed by atoms with Gasteiger partial charge < -0.3 is 10.4 Å². The summed E-state index contributed by atoms with van der Waals surface area (Å²) in [6, 6.07) is 5.20. The number of sulfone groups is 1. The molecule has 0 fully saturated rings. The second kappa shape index (κ2) is 5.63. The van der Waals surface area contributed by atoms with Gasteiger partial charge in [0.25, 0.3) is 0 Å². The predicted molar refractivity (Wildman–Crippen MR) is 64.1 cm³/mol. The summed E-state index contributed by atoms with van der Waals surface area (Å²) in [5.41, 5.74) is -0.332. The van der Waals surface area contributed by atoms with Crippen molar-refractivity contribution in [3.05, 3.63) is 29.8 Å². The van der Waals surface area contributed by atoms with Crippen LogP contribution in [0.15, 0.2) is 29.2 Å². The van der Waals surface area contributed by atoms with E-state index in [0.29, 0.717) is 6.54 Å². The minimum Gasteiger partial charge on any atom is -0.478 e. The molecule has 0 spiro atoms. The third kappa shape index (κ3) is 3.30. The van der Waals surface area contributed by atoms with Crippen LogP contribution in [0.2, 0.25) is 0 Å². The number of amides is 1. The second-order valence-electron chi connectivity index (χ2n) is 3.51. The lowest BCUT2D eigenvalue weighted by atomic mass is 10.2. The van der Waals surface area contributed by atoms with Crippen molar-refractivity contribution in [2.75, 3.05) is 12.3 Å². The van der Waals surface area contributed by atoms with Gasteiger partial charge in [0.1, 0.15) is 5.75 Å². The van der Waals surface area contributed by atoms with Crippen molar-refractivity contribution in [2.45, 2.75) is 11.8 Å². The van der Waals surface area contributed by atoms with Gasteiger partial charge >= 0.3 is 5.97 Å². The molecule has 18 heavy (non-hydrogen) atoms. The molecule has 6 nitrogen and oxygen atoms in total. The van der Waals surface area contributed by atoms with E-state index in [-0.39, 0.29) is 10.5 Å². The Morgan fingerprint density at radius 1 is 1.28 bits per heavy atom. The number of carboxylic acids is 1. The highest BCUT2D eigenvalue weighted by molar-refractivity contribution is 7.92. The van der Waals surface area contributed by atoms with Crippen molar-refractivity contribution in [3.8, 4) is 0 Å². The number of carbonyl (C=O) groups excluding carboxylic acids is 1. The van der Waals surface area contributed by atoms with Crippen LogP contribution in [0.25, 0.3) is 0 Å².